The van der Waals surface area contributed by atoms with Gasteiger partial charge in [0.25, 0.3) is 5.91 Å². The third-order valence-electron chi connectivity index (χ3n) is 3.64. The Morgan fingerprint density at radius 1 is 1.17 bits per heavy atom. The molecule has 0 saturated heterocycles. The Labute approximate surface area is 136 Å². The third kappa shape index (κ3) is 5.09. The van der Waals surface area contributed by atoms with Crippen molar-refractivity contribution in [1.82, 2.24) is 4.90 Å². The number of carbonyl (C=O) groups excluding carboxylic acids is 1. The SMILES string of the molecule is CC(C)c1ccc(OCC(=O)N(C)Cc2cccc(F)c2)cc1. The lowest BCUT2D eigenvalue weighted by Gasteiger charge is -2.17. The summed E-state index contributed by atoms with van der Waals surface area (Å²) in [6.07, 6.45) is 0. The molecule has 4 heteroatoms. The Kier molecular flexibility index (Phi) is 5.74. The highest BCUT2D eigenvalue weighted by atomic mass is 19.1. The first-order chi connectivity index (χ1) is 11.0. The highest BCUT2D eigenvalue weighted by Gasteiger charge is 2.11. The van der Waals surface area contributed by atoms with E-state index in [0.717, 1.165) is 5.56 Å². The van der Waals surface area contributed by atoms with Gasteiger partial charge in [0, 0.05) is 13.6 Å². The van der Waals surface area contributed by atoms with Gasteiger partial charge in [-0.2, -0.15) is 0 Å². The molecule has 122 valence electrons. The summed E-state index contributed by atoms with van der Waals surface area (Å²) in [5, 5.41) is 0. The maximum Gasteiger partial charge on any atom is 0.260 e. The predicted octanol–water partition coefficient (Wildman–Crippen LogP) is 3.99. The molecule has 0 N–H and O–H groups in total. The third-order valence-corrected chi connectivity index (χ3v) is 3.64. The van der Waals surface area contributed by atoms with Crippen LogP contribution in [-0.4, -0.2) is 24.5 Å². The number of ether oxygens (including phenoxy) is 1. The van der Waals surface area contributed by atoms with Gasteiger partial charge >= 0.3 is 0 Å². The molecule has 2 rings (SSSR count). The Hall–Kier alpha value is -2.36. The normalized spacial score (nSPS) is 10.7. The molecule has 0 heterocycles. The zero-order valence-electron chi connectivity index (χ0n) is 13.8. The molecule has 0 unspecified atom stereocenters. The lowest BCUT2D eigenvalue weighted by atomic mass is 10.0. The number of amides is 1. The molecule has 0 saturated carbocycles. The number of benzene rings is 2. The first-order valence-electron chi connectivity index (χ1n) is 7.67. The Bertz CT molecular complexity index is 653. The van der Waals surface area contributed by atoms with Crippen molar-refractivity contribution in [2.45, 2.75) is 26.3 Å². The molecule has 1 amide bonds. The summed E-state index contributed by atoms with van der Waals surface area (Å²) >= 11 is 0. The lowest BCUT2D eigenvalue weighted by Crippen LogP contribution is -2.30. The van der Waals surface area contributed by atoms with Crippen molar-refractivity contribution < 1.29 is 13.9 Å². The highest BCUT2D eigenvalue weighted by molar-refractivity contribution is 5.77. The van der Waals surface area contributed by atoms with Crippen LogP contribution in [0.25, 0.3) is 0 Å². The van der Waals surface area contributed by atoms with Gasteiger partial charge in [-0.25, -0.2) is 4.39 Å². The van der Waals surface area contributed by atoms with Crippen LogP contribution in [0, 0.1) is 5.82 Å². The summed E-state index contributed by atoms with van der Waals surface area (Å²) < 4.78 is 18.7. The van der Waals surface area contributed by atoms with Gasteiger partial charge in [0.2, 0.25) is 0 Å². The number of hydrogen-bond acceptors (Lipinski definition) is 2. The molecule has 0 atom stereocenters. The Balaban J connectivity index is 1.86. The second-order valence-corrected chi connectivity index (χ2v) is 5.89. The zero-order chi connectivity index (χ0) is 16.8. The van der Waals surface area contributed by atoms with Crippen LogP contribution in [0.3, 0.4) is 0 Å². The van der Waals surface area contributed by atoms with Crippen LogP contribution in [0.1, 0.15) is 30.9 Å². The topological polar surface area (TPSA) is 29.5 Å². The predicted molar refractivity (Wildman–Crippen MR) is 88.9 cm³/mol. The van der Waals surface area contributed by atoms with Gasteiger partial charge in [0.05, 0.1) is 0 Å². The van der Waals surface area contributed by atoms with Crippen molar-refractivity contribution in [2.24, 2.45) is 0 Å². The summed E-state index contributed by atoms with van der Waals surface area (Å²) in [4.78, 5) is 13.6. The molecule has 0 aliphatic rings. The number of rotatable bonds is 6. The molecule has 0 bridgehead atoms. The van der Waals surface area contributed by atoms with Crippen molar-refractivity contribution >= 4 is 5.91 Å². The average molecular weight is 315 g/mol. The van der Waals surface area contributed by atoms with Crippen LogP contribution in [-0.2, 0) is 11.3 Å². The van der Waals surface area contributed by atoms with Gasteiger partial charge in [-0.1, -0.05) is 38.1 Å². The van der Waals surface area contributed by atoms with Crippen molar-refractivity contribution in [2.75, 3.05) is 13.7 Å². The van der Waals surface area contributed by atoms with Gasteiger partial charge < -0.3 is 9.64 Å². The summed E-state index contributed by atoms with van der Waals surface area (Å²) in [6.45, 7) is 4.57. The van der Waals surface area contributed by atoms with Crippen LogP contribution in [0.5, 0.6) is 5.75 Å². The standard InChI is InChI=1S/C19H22FNO2/c1-14(2)16-7-9-18(10-8-16)23-13-19(22)21(3)12-15-5-4-6-17(20)11-15/h4-11,14H,12-13H2,1-3H3. The van der Waals surface area contributed by atoms with Crippen molar-refractivity contribution in [3.8, 4) is 5.75 Å². The summed E-state index contributed by atoms with van der Waals surface area (Å²) in [5.41, 5.74) is 1.98. The van der Waals surface area contributed by atoms with E-state index >= 15 is 0 Å². The summed E-state index contributed by atoms with van der Waals surface area (Å²) in [7, 11) is 1.68. The minimum Gasteiger partial charge on any atom is -0.484 e. The van der Waals surface area contributed by atoms with Gasteiger partial charge in [-0.3, -0.25) is 4.79 Å². The highest BCUT2D eigenvalue weighted by Crippen LogP contribution is 2.18. The molecule has 0 fully saturated rings. The molecule has 0 radical (unpaired) electrons. The number of halogens is 1. The van der Waals surface area contributed by atoms with Crippen molar-refractivity contribution in [3.05, 3.63) is 65.5 Å². The van der Waals surface area contributed by atoms with Crippen LogP contribution in [0.15, 0.2) is 48.5 Å². The molecule has 0 spiro atoms. The van der Waals surface area contributed by atoms with Gasteiger partial charge in [-0.15, -0.1) is 0 Å². The number of nitrogens with zero attached hydrogens (tertiary/aromatic N) is 1. The van der Waals surface area contributed by atoms with E-state index in [-0.39, 0.29) is 18.3 Å². The fourth-order valence-corrected chi connectivity index (χ4v) is 2.20. The minimum absolute atomic E-state index is 0.0349. The van der Waals surface area contributed by atoms with E-state index in [0.29, 0.717) is 18.2 Å². The van der Waals surface area contributed by atoms with E-state index < -0.39 is 0 Å². The van der Waals surface area contributed by atoms with Gasteiger partial charge in [0.1, 0.15) is 11.6 Å². The monoisotopic (exact) mass is 315 g/mol. The van der Waals surface area contributed by atoms with E-state index in [2.05, 4.69) is 13.8 Å². The molecular formula is C19H22FNO2. The number of hydrogen-bond donors (Lipinski definition) is 0. The van der Waals surface area contributed by atoms with E-state index in [1.54, 1.807) is 19.2 Å². The fourth-order valence-electron chi connectivity index (χ4n) is 2.20. The molecule has 3 nitrogen and oxygen atoms in total. The van der Waals surface area contributed by atoms with E-state index in [1.807, 2.05) is 24.3 Å². The molecule has 2 aromatic rings. The largest absolute Gasteiger partial charge is 0.484 e. The van der Waals surface area contributed by atoms with Crippen LogP contribution in [0.2, 0.25) is 0 Å². The van der Waals surface area contributed by atoms with E-state index in [9.17, 15) is 9.18 Å². The van der Waals surface area contributed by atoms with E-state index in [1.165, 1.54) is 22.6 Å². The van der Waals surface area contributed by atoms with Crippen molar-refractivity contribution in [1.29, 1.82) is 0 Å². The molecule has 23 heavy (non-hydrogen) atoms. The van der Waals surface area contributed by atoms with Gasteiger partial charge in [-0.05, 0) is 41.3 Å². The Morgan fingerprint density at radius 2 is 1.87 bits per heavy atom. The van der Waals surface area contributed by atoms with Crippen LogP contribution in [0.4, 0.5) is 4.39 Å². The first kappa shape index (κ1) is 17.0. The van der Waals surface area contributed by atoms with Crippen LogP contribution < -0.4 is 4.74 Å². The molecule has 0 aliphatic carbocycles. The maximum atomic E-state index is 13.1. The van der Waals surface area contributed by atoms with Crippen molar-refractivity contribution in [3.63, 3.8) is 0 Å². The Morgan fingerprint density at radius 3 is 2.48 bits per heavy atom. The second-order valence-electron chi connectivity index (χ2n) is 5.89. The summed E-state index contributed by atoms with van der Waals surface area (Å²) in [5.74, 6) is 0.678. The first-order valence-corrected chi connectivity index (χ1v) is 7.67. The fraction of sp³-hybridized carbons (Fsp3) is 0.316. The van der Waals surface area contributed by atoms with Crippen LogP contribution >= 0.6 is 0 Å². The maximum absolute atomic E-state index is 13.1. The molecule has 0 aromatic heterocycles. The average Bonchev–Trinajstić information content (AvgIpc) is 2.53. The number of carbonyl (C=O) groups is 1. The molecular weight excluding hydrogens is 293 g/mol. The lowest BCUT2D eigenvalue weighted by molar-refractivity contribution is -0.132. The minimum atomic E-state index is -0.301. The molecule has 0 aliphatic heterocycles. The smallest absolute Gasteiger partial charge is 0.260 e. The van der Waals surface area contributed by atoms with Gasteiger partial charge in [0.15, 0.2) is 6.61 Å². The summed E-state index contributed by atoms with van der Waals surface area (Å²) in [6, 6.07) is 14.0. The molecule has 2 aromatic carbocycles. The quantitative estimate of drug-likeness (QED) is 0.807. The zero-order valence-corrected chi connectivity index (χ0v) is 13.8. The van der Waals surface area contributed by atoms with E-state index in [4.69, 9.17) is 4.74 Å². The number of likely N-dealkylation sites (N-methyl/N-ethyl adjacent to an activating group) is 1. The second kappa shape index (κ2) is 7.77.